The Labute approximate surface area is 222 Å². The summed E-state index contributed by atoms with van der Waals surface area (Å²) in [5.74, 6) is -0.0643. The Morgan fingerprint density at radius 2 is 1.73 bits per heavy atom. The Morgan fingerprint density at radius 3 is 2.35 bits per heavy atom. The second-order valence-electron chi connectivity index (χ2n) is 7.99. The highest BCUT2D eigenvalue weighted by Crippen LogP contribution is 2.60. The van der Waals surface area contributed by atoms with Gasteiger partial charge in [-0.15, -0.1) is 0 Å². The van der Waals surface area contributed by atoms with Gasteiger partial charge in [-0.25, -0.2) is 28.6 Å². The SMILES string of the molecule is Nc1ncnc2c1ncn2C1OC(COP(=O)(O)OP(=O)(O)OCC(O)C(O)C(O)C=O)C(O)C1OP(=O)(O)O. The van der Waals surface area contributed by atoms with E-state index in [0.717, 1.165) is 17.2 Å². The van der Waals surface area contributed by atoms with Gasteiger partial charge in [0.25, 0.3) is 0 Å². The van der Waals surface area contributed by atoms with Gasteiger partial charge in [0.15, 0.2) is 24.0 Å². The lowest BCUT2D eigenvalue weighted by atomic mass is 10.1. The van der Waals surface area contributed by atoms with Gasteiger partial charge in [-0.2, -0.15) is 4.31 Å². The maximum Gasteiger partial charge on any atom is 0.481 e. The van der Waals surface area contributed by atoms with Gasteiger partial charge >= 0.3 is 23.5 Å². The van der Waals surface area contributed by atoms with Gasteiger partial charge in [-0.3, -0.25) is 18.1 Å². The van der Waals surface area contributed by atoms with Crippen molar-refractivity contribution >= 4 is 46.7 Å². The van der Waals surface area contributed by atoms with E-state index in [1.165, 1.54) is 0 Å². The summed E-state index contributed by atoms with van der Waals surface area (Å²) in [5, 5.41) is 38.7. The van der Waals surface area contributed by atoms with Crippen LogP contribution >= 0.6 is 23.5 Å². The second-order valence-corrected chi connectivity index (χ2v) is 12.2. The summed E-state index contributed by atoms with van der Waals surface area (Å²) in [6, 6.07) is 0. The van der Waals surface area contributed by atoms with Crippen LogP contribution in [0.15, 0.2) is 12.7 Å². The maximum absolute atomic E-state index is 12.2. The zero-order chi connectivity index (χ0) is 30.0. The predicted octanol–water partition coefficient (Wildman–Crippen LogP) is -3.32. The molecule has 0 aromatic carbocycles. The van der Waals surface area contributed by atoms with Crippen LogP contribution in [-0.4, -0.2) is 116 Å². The number of nitrogens with zero attached hydrogens (tertiary/aromatic N) is 4. The van der Waals surface area contributed by atoms with Crippen molar-refractivity contribution in [1.82, 2.24) is 19.5 Å². The van der Waals surface area contributed by atoms with Crippen LogP contribution in [0.1, 0.15) is 6.23 Å². The number of aromatic nitrogens is 4. The number of aliphatic hydroxyl groups is 4. The highest BCUT2D eigenvalue weighted by Gasteiger charge is 2.50. The summed E-state index contributed by atoms with van der Waals surface area (Å²) in [6.45, 7) is -2.34. The maximum atomic E-state index is 12.2. The zero-order valence-electron chi connectivity index (χ0n) is 19.6. The molecule has 1 aliphatic rings. The second kappa shape index (κ2) is 12.6. The van der Waals surface area contributed by atoms with Gasteiger partial charge in [0.05, 0.1) is 19.5 Å². The summed E-state index contributed by atoms with van der Waals surface area (Å²) >= 11 is 0. The predicted molar refractivity (Wildman–Crippen MR) is 123 cm³/mol. The van der Waals surface area contributed by atoms with E-state index in [0.29, 0.717) is 0 Å². The first kappa shape index (κ1) is 32.7. The number of nitrogens with two attached hydrogens (primary N) is 1. The van der Waals surface area contributed by atoms with Crippen LogP contribution < -0.4 is 5.73 Å². The zero-order valence-corrected chi connectivity index (χ0v) is 22.3. The Hall–Kier alpha value is -1.81. The minimum Gasteiger partial charge on any atom is -0.388 e. The lowest BCUT2D eigenvalue weighted by Crippen LogP contribution is -2.40. The highest BCUT2D eigenvalue weighted by molar-refractivity contribution is 7.61. The average Bonchev–Trinajstić information content (AvgIpc) is 3.41. The van der Waals surface area contributed by atoms with Crippen LogP contribution in [0.3, 0.4) is 0 Å². The number of carbonyl (C=O) groups excluding carboxylic acids is 1. The molecule has 1 aliphatic heterocycles. The minimum atomic E-state index is -5.52. The molecule has 0 bridgehead atoms. The number of aldehydes is 1. The fourth-order valence-corrected chi connectivity index (χ4v) is 5.97. The number of hydrogen-bond donors (Lipinski definition) is 9. The molecule has 0 spiro atoms. The molecule has 9 atom stereocenters. The van der Waals surface area contributed by atoms with Gasteiger partial charge in [0.1, 0.15) is 48.5 Å². The normalized spacial score (nSPS) is 27.1. The van der Waals surface area contributed by atoms with Crippen molar-refractivity contribution in [2.45, 2.75) is 42.9 Å². The summed E-state index contributed by atoms with van der Waals surface area (Å²) in [4.78, 5) is 60.1. The quantitative estimate of drug-likeness (QED) is 0.0721. The molecule has 1 saturated heterocycles. The topological polar surface area (TPSA) is 346 Å². The standard InChI is InChI=1S/C15H24N5O17P3/c16-13-9-14(18-4-17-13)20(5-19-9)15-12(36-38(26,27)28)11(25)8(35-15)3-34-40(31,32)37-39(29,30)33-2-7(23)10(24)6(22)1-21/h1,4-8,10-12,15,22-25H,2-3H2,(H,29,30)(H,31,32)(H2,16,17,18)(H2,26,27,28). The van der Waals surface area contributed by atoms with Crippen molar-refractivity contribution in [3.8, 4) is 0 Å². The molecular weight excluding hydrogens is 615 g/mol. The van der Waals surface area contributed by atoms with Crippen LogP contribution in [0.4, 0.5) is 5.82 Å². The van der Waals surface area contributed by atoms with E-state index in [1.807, 2.05) is 0 Å². The Morgan fingerprint density at radius 1 is 1.07 bits per heavy atom. The molecule has 40 heavy (non-hydrogen) atoms. The van der Waals surface area contributed by atoms with Crippen molar-refractivity contribution in [3.05, 3.63) is 12.7 Å². The van der Waals surface area contributed by atoms with E-state index in [1.54, 1.807) is 0 Å². The number of rotatable bonds is 14. The van der Waals surface area contributed by atoms with Crippen LogP contribution in [0.5, 0.6) is 0 Å². The molecule has 10 N–H and O–H groups in total. The van der Waals surface area contributed by atoms with E-state index < -0.39 is 79.5 Å². The van der Waals surface area contributed by atoms with Crippen molar-refractivity contribution in [2.24, 2.45) is 0 Å². The number of fused-ring (bicyclic) bond motifs is 1. The molecule has 3 heterocycles. The van der Waals surface area contributed by atoms with E-state index in [4.69, 9.17) is 15.6 Å². The lowest BCUT2D eigenvalue weighted by Gasteiger charge is -2.22. The molecule has 2 aromatic heterocycles. The number of carbonyl (C=O) groups is 1. The largest absolute Gasteiger partial charge is 0.481 e. The third kappa shape index (κ3) is 8.14. The molecule has 226 valence electrons. The van der Waals surface area contributed by atoms with Crippen molar-refractivity contribution in [3.63, 3.8) is 0 Å². The summed E-state index contributed by atoms with van der Waals surface area (Å²) < 4.78 is 59.7. The van der Waals surface area contributed by atoms with E-state index in [2.05, 4.69) is 32.8 Å². The average molecular weight is 639 g/mol. The smallest absolute Gasteiger partial charge is 0.388 e. The number of anilines is 1. The molecule has 9 unspecified atom stereocenters. The molecule has 0 radical (unpaired) electrons. The summed E-state index contributed by atoms with van der Waals surface area (Å²) in [5.41, 5.74) is 5.76. The molecule has 1 fully saturated rings. The van der Waals surface area contributed by atoms with E-state index in [9.17, 15) is 53.4 Å². The third-order valence-corrected chi connectivity index (χ3v) is 8.25. The van der Waals surface area contributed by atoms with Gasteiger partial charge in [-0.05, 0) is 0 Å². The van der Waals surface area contributed by atoms with Gasteiger partial charge < -0.3 is 55.3 Å². The fourth-order valence-electron chi connectivity index (χ4n) is 3.33. The molecular formula is C15H24N5O17P3. The van der Waals surface area contributed by atoms with Crippen LogP contribution in [0.25, 0.3) is 11.2 Å². The monoisotopic (exact) mass is 639 g/mol. The van der Waals surface area contributed by atoms with Crippen molar-refractivity contribution in [1.29, 1.82) is 0 Å². The minimum absolute atomic E-state index is 0.00641. The molecule has 25 heteroatoms. The van der Waals surface area contributed by atoms with Crippen molar-refractivity contribution in [2.75, 3.05) is 18.9 Å². The molecule has 22 nitrogen and oxygen atoms in total. The first-order valence-electron chi connectivity index (χ1n) is 10.6. The van der Waals surface area contributed by atoms with Gasteiger partial charge in [0.2, 0.25) is 0 Å². The Bertz CT molecular complexity index is 1340. The number of ether oxygens (including phenoxy) is 1. The van der Waals surface area contributed by atoms with Crippen molar-refractivity contribution < 1.29 is 81.1 Å². The molecule has 3 rings (SSSR count). The Balaban J connectivity index is 1.70. The molecule has 0 saturated carbocycles. The number of phosphoric acid groups is 3. The Kier molecular flexibility index (Phi) is 10.3. The van der Waals surface area contributed by atoms with Crippen LogP contribution in [0.2, 0.25) is 0 Å². The van der Waals surface area contributed by atoms with Gasteiger partial charge in [-0.1, -0.05) is 0 Å². The lowest BCUT2D eigenvalue weighted by molar-refractivity contribution is -0.127. The molecule has 2 aromatic rings. The third-order valence-electron chi connectivity index (χ3n) is 5.13. The fraction of sp³-hybridized carbons (Fsp3) is 0.600. The van der Waals surface area contributed by atoms with Crippen LogP contribution in [0, 0.1) is 0 Å². The van der Waals surface area contributed by atoms with E-state index in [-0.39, 0.29) is 23.3 Å². The highest BCUT2D eigenvalue weighted by atomic mass is 31.3. The summed E-state index contributed by atoms with van der Waals surface area (Å²) in [7, 11) is -16.3. The number of imidazole rings is 1. The summed E-state index contributed by atoms with van der Waals surface area (Å²) in [6.07, 6.45) is -11.4. The number of nitrogen functional groups attached to an aromatic ring is 1. The molecule has 0 aliphatic carbocycles. The molecule has 0 amide bonds. The van der Waals surface area contributed by atoms with Gasteiger partial charge in [0, 0.05) is 0 Å². The van der Waals surface area contributed by atoms with Crippen LogP contribution in [-0.2, 0) is 41.1 Å². The number of phosphoric ester groups is 3. The number of aliphatic hydroxyl groups excluding tert-OH is 4. The van der Waals surface area contributed by atoms with E-state index >= 15 is 0 Å². The first-order valence-corrected chi connectivity index (χ1v) is 15.1. The first-order chi connectivity index (χ1) is 18.4. The number of hydrogen-bond acceptors (Lipinski definition) is 17.